The molecule has 0 aromatic heterocycles. The number of benzene rings is 1. The quantitative estimate of drug-likeness (QED) is 0.596. The molecule has 1 rings (SSSR count). The molecule has 0 heterocycles. The van der Waals surface area contributed by atoms with E-state index in [1.54, 1.807) is 7.11 Å². The second kappa shape index (κ2) is 7.71. The van der Waals surface area contributed by atoms with Crippen LogP contribution in [0.15, 0.2) is 24.3 Å². The SMILES string of the molecule is CCCCNC(C(=O)OC)c1ccc(OC)cc1. The van der Waals surface area contributed by atoms with Gasteiger partial charge in [-0.05, 0) is 30.7 Å². The highest BCUT2D eigenvalue weighted by Crippen LogP contribution is 2.18. The Hall–Kier alpha value is -1.55. The van der Waals surface area contributed by atoms with E-state index in [1.165, 1.54) is 7.11 Å². The number of unbranched alkanes of at least 4 members (excludes halogenated alkanes) is 1. The van der Waals surface area contributed by atoms with E-state index < -0.39 is 6.04 Å². The maximum Gasteiger partial charge on any atom is 0.327 e. The predicted molar refractivity (Wildman–Crippen MR) is 70.7 cm³/mol. The minimum absolute atomic E-state index is 0.267. The normalized spacial score (nSPS) is 11.9. The zero-order valence-electron chi connectivity index (χ0n) is 11.2. The van der Waals surface area contributed by atoms with Crippen molar-refractivity contribution in [2.45, 2.75) is 25.8 Å². The molecule has 0 bridgehead atoms. The Morgan fingerprint density at radius 1 is 1.28 bits per heavy atom. The Balaban J connectivity index is 2.76. The molecule has 1 atom stereocenters. The molecule has 1 N–H and O–H groups in total. The van der Waals surface area contributed by atoms with Gasteiger partial charge in [-0.3, -0.25) is 0 Å². The van der Waals surface area contributed by atoms with Crippen LogP contribution in [0.1, 0.15) is 31.4 Å². The van der Waals surface area contributed by atoms with E-state index in [-0.39, 0.29) is 5.97 Å². The summed E-state index contributed by atoms with van der Waals surface area (Å²) in [5.74, 6) is 0.507. The van der Waals surface area contributed by atoms with Crippen LogP contribution in [-0.2, 0) is 9.53 Å². The fraction of sp³-hybridized carbons (Fsp3) is 0.500. The first-order valence-corrected chi connectivity index (χ1v) is 6.18. The average molecular weight is 251 g/mol. The second-order valence-corrected chi connectivity index (χ2v) is 4.04. The van der Waals surface area contributed by atoms with E-state index in [2.05, 4.69) is 12.2 Å². The van der Waals surface area contributed by atoms with Crippen LogP contribution in [0.4, 0.5) is 0 Å². The van der Waals surface area contributed by atoms with E-state index in [0.717, 1.165) is 30.7 Å². The fourth-order valence-corrected chi connectivity index (χ4v) is 1.67. The summed E-state index contributed by atoms with van der Waals surface area (Å²) < 4.78 is 9.92. The van der Waals surface area contributed by atoms with Crippen molar-refractivity contribution in [1.29, 1.82) is 0 Å². The van der Waals surface area contributed by atoms with Gasteiger partial charge in [-0.2, -0.15) is 0 Å². The zero-order valence-corrected chi connectivity index (χ0v) is 11.2. The van der Waals surface area contributed by atoms with Gasteiger partial charge < -0.3 is 14.8 Å². The van der Waals surface area contributed by atoms with Crippen LogP contribution in [-0.4, -0.2) is 26.7 Å². The molecule has 4 nitrogen and oxygen atoms in total. The van der Waals surface area contributed by atoms with Crippen LogP contribution in [0.2, 0.25) is 0 Å². The van der Waals surface area contributed by atoms with Gasteiger partial charge in [0.25, 0.3) is 0 Å². The highest BCUT2D eigenvalue weighted by atomic mass is 16.5. The van der Waals surface area contributed by atoms with Crippen LogP contribution in [0.3, 0.4) is 0 Å². The minimum Gasteiger partial charge on any atom is -0.497 e. The maximum atomic E-state index is 11.7. The number of carbonyl (C=O) groups excluding carboxylic acids is 1. The van der Waals surface area contributed by atoms with Crippen molar-refractivity contribution >= 4 is 5.97 Å². The van der Waals surface area contributed by atoms with E-state index in [9.17, 15) is 4.79 Å². The Kier molecular flexibility index (Phi) is 6.22. The number of hydrogen-bond donors (Lipinski definition) is 1. The molecular weight excluding hydrogens is 230 g/mol. The van der Waals surface area contributed by atoms with Crippen molar-refractivity contribution in [3.8, 4) is 5.75 Å². The molecule has 4 heteroatoms. The smallest absolute Gasteiger partial charge is 0.327 e. The van der Waals surface area contributed by atoms with Gasteiger partial charge in [-0.25, -0.2) is 4.79 Å². The summed E-state index contributed by atoms with van der Waals surface area (Å²) in [5.41, 5.74) is 0.888. The molecule has 0 amide bonds. The van der Waals surface area contributed by atoms with E-state index in [4.69, 9.17) is 9.47 Å². The Labute approximate surface area is 108 Å². The van der Waals surface area contributed by atoms with Gasteiger partial charge in [0.05, 0.1) is 14.2 Å². The number of nitrogens with one attached hydrogen (secondary N) is 1. The van der Waals surface area contributed by atoms with Crippen LogP contribution in [0.25, 0.3) is 0 Å². The van der Waals surface area contributed by atoms with Crippen molar-refractivity contribution in [2.24, 2.45) is 0 Å². The van der Waals surface area contributed by atoms with Gasteiger partial charge in [0, 0.05) is 0 Å². The van der Waals surface area contributed by atoms with Crippen LogP contribution in [0.5, 0.6) is 5.75 Å². The van der Waals surface area contributed by atoms with Crippen molar-refractivity contribution in [1.82, 2.24) is 5.32 Å². The highest BCUT2D eigenvalue weighted by molar-refractivity contribution is 5.77. The third-order valence-electron chi connectivity index (χ3n) is 2.76. The molecule has 0 saturated carbocycles. The number of ether oxygens (including phenoxy) is 2. The molecular formula is C14H21NO3. The maximum absolute atomic E-state index is 11.7. The molecule has 0 fully saturated rings. The first-order valence-electron chi connectivity index (χ1n) is 6.18. The Bertz CT molecular complexity index is 362. The summed E-state index contributed by atoms with van der Waals surface area (Å²) in [6.07, 6.45) is 2.12. The summed E-state index contributed by atoms with van der Waals surface area (Å²) in [7, 11) is 3.02. The molecule has 0 radical (unpaired) electrons. The monoisotopic (exact) mass is 251 g/mol. The second-order valence-electron chi connectivity index (χ2n) is 4.04. The number of hydrogen-bond acceptors (Lipinski definition) is 4. The third kappa shape index (κ3) is 4.04. The Morgan fingerprint density at radius 2 is 1.94 bits per heavy atom. The summed E-state index contributed by atoms with van der Waals surface area (Å²) >= 11 is 0. The molecule has 0 aliphatic carbocycles. The molecule has 0 aliphatic rings. The van der Waals surface area contributed by atoms with Crippen molar-refractivity contribution < 1.29 is 14.3 Å². The summed E-state index contributed by atoms with van der Waals surface area (Å²) in [4.78, 5) is 11.7. The largest absolute Gasteiger partial charge is 0.497 e. The standard InChI is InChI=1S/C14H21NO3/c1-4-5-10-15-13(14(16)18-3)11-6-8-12(17-2)9-7-11/h6-9,13,15H,4-5,10H2,1-3H3. The predicted octanol–water partition coefficient (Wildman–Crippen LogP) is 2.30. The van der Waals surface area contributed by atoms with E-state index in [0.29, 0.717) is 0 Å². The van der Waals surface area contributed by atoms with Gasteiger partial charge in [-0.1, -0.05) is 25.5 Å². The number of methoxy groups -OCH3 is 2. The molecule has 1 aromatic carbocycles. The van der Waals surface area contributed by atoms with Crippen molar-refractivity contribution in [2.75, 3.05) is 20.8 Å². The van der Waals surface area contributed by atoms with Gasteiger partial charge in [0.2, 0.25) is 0 Å². The lowest BCUT2D eigenvalue weighted by Gasteiger charge is -2.17. The number of rotatable bonds is 7. The molecule has 0 saturated heterocycles. The molecule has 100 valence electrons. The van der Waals surface area contributed by atoms with Gasteiger partial charge in [-0.15, -0.1) is 0 Å². The number of carbonyl (C=O) groups is 1. The first-order chi connectivity index (χ1) is 8.72. The van der Waals surface area contributed by atoms with E-state index in [1.807, 2.05) is 24.3 Å². The van der Waals surface area contributed by atoms with Crippen LogP contribution >= 0.6 is 0 Å². The summed E-state index contributed by atoms with van der Waals surface area (Å²) in [6.45, 7) is 2.91. The molecule has 1 aromatic rings. The average Bonchev–Trinajstić information content (AvgIpc) is 2.43. The summed E-state index contributed by atoms with van der Waals surface area (Å²) in [5, 5.41) is 3.21. The van der Waals surface area contributed by atoms with Crippen molar-refractivity contribution in [3.05, 3.63) is 29.8 Å². The number of esters is 1. The fourth-order valence-electron chi connectivity index (χ4n) is 1.67. The topological polar surface area (TPSA) is 47.6 Å². The van der Waals surface area contributed by atoms with Crippen LogP contribution < -0.4 is 10.1 Å². The first kappa shape index (κ1) is 14.5. The van der Waals surface area contributed by atoms with Gasteiger partial charge in [0.1, 0.15) is 11.8 Å². The zero-order chi connectivity index (χ0) is 13.4. The van der Waals surface area contributed by atoms with Crippen molar-refractivity contribution in [3.63, 3.8) is 0 Å². The molecule has 1 unspecified atom stereocenters. The third-order valence-corrected chi connectivity index (χ3v) is 2.76. The molecule has 0 spiro atoms. The highest BCUT2D eigenvalue weighted by Gasteiger charge is 2.20. The van der Waals surface area contributed by atoms with E-state index >= 15 is 0 Å². The van der Waals surface area contributed by atoms with Gasteiger partial charge in [0.15, 0.2) is 0 Å². The lowest BCUT2D eigenvalue weighted by atomic mass is 10.1. The Morgan fingerprint density at radius 3 is 2.44 bits per heavy atom. The van der Waals surface area contributed by atoms with Crippen LogP contribution in [0, 0.1) is 0 Å². The lowest BCUT2D eigenvalue weighted by molar-refractivity contribution is -0.143. The minimum atomic E-state index is -0.410. The summed E-state index contributed by atoms with van der Waals surface area (Å²) in [6, 6.07) is 7.02. The molecule has 18 heavy (non-hydrogen) atoms. The van der Waals surface area contributed by atoms with Gasteiger partial charge >= 0.3 is 5.97 Å². The lowest BCUT2D eigenvalue weighted by Crippen LogP contribution is -2.30. The molecule has 0 aliphatic heterocycles.